The molecule has 19 heavy (non-hydrogen) atoms. The zero-order valence-electron chi connectivity index (χ0n) is 10.7. The monoisotopic (exact) mass is 256 g/mol. The summed E-state index contributed by atoms with van der Waals surface area (Å²) < 4.78 is 1.66. The molecule has 1 atom stereocenters. The van der Waals surface area contributed by atoms with Crippen molar-refractivity contribution in [3.63, 3.8) is 0 Å². The van der Waals surface area contributed by atoms with E-state index >= 15 is 0 Å². The molecule has 1 unspecified atom stereocenters. The Morgan fingerprint density at radius 3 is 2.95 bits per heavy atom. The third-order valence-electron chi connectivity index (χ3n) is 3.57. The number of aromatic nitrogens is 4. The highest BCUT2D eigenvalue weighted by atomic mass is 16.3. The minimum Gasteiger partial charge on any atom is -0.383 e. The summed E-state index contributed by atoms with van der Waals surface area (Å²) in [5.74, 6) is 0. The summed E-state index contributed by atoms with van der Waals surface area (Å²) in [6, 6.07) is 7.98. The van der Waals surface area contributed by atoms with Gasteiger partial charge in [-0.3, -0.25) is 0 Å². The number of nitrogens with zero attached hydrogens (tertiary/aromatic N) is 3. The van der Waals surface area contributed by atoms with Crippen LogP contribution in [-0.2, 0) is 12.1 Å². The fourth-order valence-corrected chi connectivity index (χ4v) is 2.43. The van der Waals surface area contributed by atoms with Gasteiger partial charge in [-0.25, -0.2) is 9.67 Å². The molecule has 0 spiro atoms. The molecule has 98 valence electrons. The number of aliphatic hydroxyl groups is 1. The lowest BCUT2D eigenvalue weighted by atomic mass is 9.91. The third kappa shape index (κ3) is 2.02. The van der Waals surface area contributed by atoms with Gasteiger partial charge in [0.2, 0.25) is 0 Å². The number of fused-ring (bicyclic) bond motifs is 1. The first-order chi connectivity index (χ1) is 9.23. The van der Waals surface area contributed by atoms with Crippen LogP contribution in [0.2, 0.25) is 0 Å². The maximum atomic E-state index is 10.9. The third-order valence-corrected chi connectivity index (χ3v) is 3.57. The second kappa shape index (κ2) is 4.51. The van der Waals surface area contributed by atoms with Gasteiger partial charge in [0, 0.05) is 22.7 Å². The molecule has 0 aliphatic rings. The highest BCUT2D eigenvalue weighted by Gasteiger charge is 2.30. The number of nitrogens with one attached hydrogen (secondary N) is 1. The molecule has 0 saturated carbocycles. The fraction of sp³-hybridized carbons (Fsp3) is 0.286. The molecule has 0 aliphatic carbocycles. The lowest BCUT2D eigenvalue weighted by molar-refractivity contribution is 0.0124. The zero-order valence-corrected chi connectivity index (χ0v) is 10.7. The van der Waals surface area contributed by atoms with E-state index in [1.165, 1.54) is 6.33 Å². The van der Waals surface area contributed by atoms with Crippen LogP contribution >= 0.6 is 0 Å². The summed E-state index contributed by atoms with van der Waals surface area (Å²) in [5.41, 5.74) is 0.983. The Labute approximate surface area is 110 Å². The number of rotatable bonds is 4. The van der Waals surface area contributed by atoms with Crippen LogP contribution in [0.25, 0.3) is 10.9 Å². The standard InChI is InChI=1S/C14H16N4O/c1-2-14(19,8-18-10-15-9-17-18)12-7-16-13-6-4-3-5-11(12)13/h3-7,9-10,16,19H,2,8H2,1H3. The van der Waals surface area contributed by atoms with Gasteiger partial charge >= 0.3 is 0 Å². The summed E-state index contributed by atoms with van der Waals surface area (Å²) in [4.78, 5) is 7.12. The van der Waals surface area contributed by atoms with Crippen LogP contribution in [0, 0.1) is 0 Å². The molecular weight excluding hydrogens is 240 g/mol. The molecule has 0 aliphatic heterocycles. The summed E-state index contributed by atoms with van der Waals surface area (Å²) >= 11 is 0. The van der Waals surface area contributed by atoms with Gasteiger partial charge < -0.3 is 10.1 Å². The number of para-hydroxylation sites is 1. The Morgan fingerprint density at radius 2 is 2.21 bits per heavy atom. The van der Waals surface area contributed by atoms with Crippen molar-refractivity contribution in [2.45, 2.75) is 25.5 Å². The topological polar surface area (TPSA) is 66.7 Å². The molecule has 0 bridgehead atoms. The van der Waals surface area contributed by atoms with E-state index in [2.05, 4.69) is 15.1 Å². The van der Waals surface area contributed by atoms with Crippen molar-refractivity contribution in [1.29, 1.82) is 0 Å². The number of aromatic amines is 1. The van der Waals surface area contributed by atoms with Gasteiger partial charge in [-0.1, -0.05) is 25.1 Å². The molecule has 5 nitrogen and oxygen atoms in total. The first-order valence-electron chi connectivity index (χ1n) is 6.34. The van der Waals surface area contributed by atoms with E-state index in [4.69, 9.17) is 0 Å². The number of hydrogen-bond acceptors (Lipinski definition) is 3. The van der Waals surface area contributed by atoms with Crippen LogP contribution in [0.15, 0.2) is 43.1 Å². The largest absolute Gasteiger partial charge is 0.383 e. The van der Waals surface area contributed by atoms with Crippen molar-refractivity contribution in [2.75, 3.05) is 0 Å². The predicted octanol–water partition coefficient (Wildman–Crippen LogP) is 2.06. The molecule has 0 fully saturated rings. The Hall–Kier alpha value is -2.14. The van der Waals surface area contributed by atoms with Crippen LogP contribution in [0.4, 0.5) is 0 Å². The Kier molecular flexibility index (Phi) is 2.83. The van der Waals surface area contributed by atoms with Crippen molar-refractivity contribution < 1.29 is 5.11 Å². The molecule has 0 saturated heterocycles. The van der Waals surface area contributed by atoms with Gasteiger partial charge in [0.25, 0.3) is 0 Å². The van der Waals surface area contributed by atoms with Crippen LogP contribution in [0.5, 0.6) is 0 Å². The van der Waals surface area contributed by atoms with Crippen LogP contribution < -0.4 is 0 Å². The van der Waals surface area contributed by atoms with E-state index in [1.807, 2.05) is 37.4 Å². The first kappa shape index (κ1) is 11.9. The van der Waals surface area contributed by atoms with Gasteiger partial charge in [-0.15, -0.1) is 0 Å². The number of benzene rings is 1. The lowest BCUT2D eigenvalue weighted by Gasteiger charge is -2.26. The molecule has 3 rings (SSSR count). The average Bonchev–Trinajstić information content (AvgIpc) is 3.07. The van der Waals surface area contributed by atoms with Crippen LogP contribution in [-0.4, -0.2) is 24.9 Å². The van der Waals surface area contributed by atoms with Crippen molar-refractivity contribution in [2.24, 2.45) is 0 Å². The zero-order chi connectivity index (χ0) is 13.3. The Morgan fingerprint density at radius 1 is 1.37 bits per heavy atom. The maximum absolute atomic E-state index is 10.9. The molecule has 3 aromatic rings. The minimum absolute atomic E-state index is 0.394. The van der Waals surface area contributed by atoms with Gasteiger partial charge in [0.1, 0.15) is 18.3 Å². The SMILES string of the molecule is CCC(O)(Cn1cncn1)c1c[nH]c2ccccc12. The minimum atomic E-state index is -0.951. The second-order valence-electron chi connectivity index (χ2n) is 4.73. The normalized spacial score (nSPS) is 14.6. The average molecular weight is 256 g/mol. The second-order valence-corrected chi connectivity index (χ2v) is 4.73. The van der Waals surface area contributed by atoms with E-state index in [1.54, 1.807) is 11.0 Å². The highest BCUT2D eigenvalue weighted by molar-refractivity contribution is 5.83. The predicted molar refractivity (Wildman–Crippen MR) is 72.5 cm³/mol. The van der Waals surface area contributed by atoms with Crippen molar-refractivity contribution in [1.82, 2.24) is 19.7 Å². The quantitative estimate of drug-likeness (QED) is 0.750. The van der Waals surface area contributed by atoms with Gasteiger partial charge in [0.15, 0.2) is 0 Å². The molecule has 1 aromatic carbocycles. The Bertz CT molecular complexity index is 674. The lowest BCUT2D eigenvalue weighted by Crippen LogP contribution is -2.30. The molecule has 5 heteroatoms. The van der Waals surface area contributed by atoms with E-state index in [9.17, 15) is 5.11 Å². The van der Waals surface area contributed by atoms with E-state index in [0.717, 1.165) is 16.5 Å². The van der Waals surface area contributed by atoms with Crippen molar-refractivity contribution in [3.8, 4) is 0 Å². The van der Waals surface area contributed by atoms with E-state index in [0.29, 0.717) is 13.0 Å². The fourth-order valence-electron chi connectivity index (χ4n) is 2.43. The first-order valence-corrected chi connectivity index (χ1v) is 6.34. The molecule has 0 amide bonds. The van der Waals surface area contributed by atoms with Gasteiger partial charge in [-0.2, -0.15) is 5.10 Å². The van der Waals surface area contributed by atoms with E-state index < -0.39 is 5.60 Å². The Balaban J connectivity index is 2.05. The molecule has 2 aromatic heterocycles. The molecule has 2 N–H and O–H groups in total. The summed E-state index contributed by atoms with van der Waals surface area (Å²) in [7, 11) is 0. The summed E-state index contributed by atoms with van der Waals surface area (Å²) in [5, 5.41) is 16.1. The molecular formula is C14H16N4O. The van der Waals surface area contributed by atoms with Gasteiger partial charge in [-0.05, 0) is 12.5 Å². The van der Waals surface area contributed by atoms with Crippen LogP contribution in [0.1, 0.15) is 18.9 Å². The van der Waals surface area contributed by atoms with Crippen LogP contribution in [0.3, 0.4) is 0 Å². The molecule has 0 radical (unpaired) electrons. The van der Waals surface area contributed by atoms with E-state index in [-0.39, 0.29) is 0 Å². The van der Waals surface area contributed by atoms with Crippen molar-refractivity contribution >= 4 is 10.9 Å². The smallest absolute Gasteiger partial charge is 0.137 e. The summed E-state index contributed by atoms with van der Waals surface area (Å²) in [6.45, 7) is 2.37. The summed E-state index contributed by atoms with van der Waals surface area (Å²) in [6.07, 6.45) is 5.58. The van der Waals surface area contributed by atoms with Gasteiger partial charge in [0.05, 0.1) is 6.54 Å². The molecule has 2 heterocycles. The number of H-pyrrole nitrogens is 1. The number of hydrogen-bond donors (Lipinski definition) is 2. The van der Waals surface area contributed by atoms with Crippen molar-refractivity contribution in [3.05, 3.63) is 48.7 Å². The maximum Gasteiger partial charge on any atom is 0.137 e. The highest BCUT2D eigenvalue weighted by Crippen LogP contribution is 2.32.